The minimum absolute atomic E-state index is 0.687. The lowest BCUT2D eigenvalue weighted by molar-refractivity contribution is 0.684. The molecule has 4 heteroatoms. The van der Waals surface area contributed by atoms with Crippen LogP contribution in [0.3, 0.4) is 0 Å². The van der Waals surface area contributed by atoms with Crippen molar-refractivity contribution < 1.29 is 4.21 Å². The van der Waals surface area contributed by atoms with E-state index in [1.807, 2.05) is 32.0 Å². The first-order valence-electron chi connectivity index (χ1n) is 4.75. The molecule has 1 unspecified atom stereocenters. The first kappa shape index (κ1) is 11.2. The van der Waals surface area contributed by atoms with E-state index in [4.69, 9.17) is 0 Å². The molecule has 0 bridgehead atoms. The minimum atomic E-state index is -0.696. The van der Waals surface area contributed by atoms with E-state index in [0.717, 1.165) is 23.8 Å². The van der Waals surface area contributed by atoms with E-state index in [9.17, 15) is 4.21 Å². The number of pyridine rings is 1. The van der Waals surface area contributed by atoms with E-state index in [0.29, 0.717) is 5.75 Å². The van der Waals surface area contributed by atoms with Crippen molar-refractivity contribution in [3.63, 3.8) is 0 Å². The zero-order valence-corrected chi connectivity index (χ0v) is 9.43. The van der Waals surface area contributed by atoms with E-state index in [1.165, 1.54) is 0 Å². The Morgan fingerprint density at radius 1 is 1.50 bits per heavy atom. The third kappa shape index (κ3) is 3.87. The predicted octanol–water partition coefficient (Wildman–Crippen LogP) is 1.57. The van der Waals surface area contributed by atoms with Crippen LogP contribution >= 0.6 is 0 Å². The van der Waals surface area contributed by atoms with E-state index in [1.54, 1.807) is 0 Å². The van der Waals surface area contributed by atoms with Gasteiger partial charge in [0, 0.05) is 34.5 Å². The molecule has 1 atom stereocenters. The Morgan fingerprint density at radius 3 is 2.93 bits per heavy atom. The summed E-state index contributed by atoms with van der Waals surface area (Å²) in [7, 11) is -0.696. The summed E-state index contributed by atoms with van der Waals surface area (Å²) >= 11 is 0. The Balaban J connectivity index is 2.35. The molecule has 1 aromatic heterocycles. The van der Waals surface area contributed by atoms with E-state index < -0.39 is 10.8 Å². The third-order valence-corrected chi connectivity index (χ3v) is 3.15. The average Bonchev–Trinajstić information content (AvgIpc) is 2.17. The van der Waals surface area contributed by atoms with Gasteiger partial charge in [-0.3, -0.25) is 4.21 Å². The Bertz CT molecular complexity index is 315. The second kappa shape index (κ2) is 5.75. The number of nitrogens with one attached hydrogen (secondary N) is 1. The summed E-state index contributed by atoms with van der Waals surface area (Å²) in [5, 5.41) is 3.15. The van der Waals surface area contributed by atoms with Crippen LogP contribution in [0.15, 0.2) is 18.2 Å². The number of aromatic nitrogens is 1. The number of hydrogen-bond acceptors (Lipinski definition) is 3. The van der Waals surface area contributed by atoms with Gasteiger partial charge in [-0.15, -0.1) is 0 Å². The molecular weight excluding hydrogens is 196 g/mol. The summed E-state index contributed by atoms with van der Waals surface area (Å²) < 4.78 is 11.1. The van der Waals surface area contributed by atoms with Crippen molar-refractivity contribution in [3.8, 4) is 0 Å². The van der Waals surface area contributed by atoms with Crippen molar-refractivity contribution in [2.75, 3.05) is 23.4 Å². The van der Waals surface area contributed by atoms with Crippen molar-refractivity contribution >= 4 is 16.6 Å². The van der Waals surface area contributed by atoms with Crippen LogP contribution in [0.4, 0.5) is 5.82 Å². The number of anilines is 1. The van der Waals surface area contributed by atoms with Crippen LogP contribution in [0.25, 0.3) is 0 Å². The fraction of sp³-hybridized carbons (Fsp3) is 0.500. The van der Waals surface area contributed by atoms with Crippen LogP contribution in [0.2, 0.25) is 0 Å². The summed E-state index contributed by atoms with van der Waals surface area (Å²) in [5.74, 6) is 2.27. The maximum atomic E-state index is 11.1. The number of rotatable bonds is 5. The fourth-order valence-corrected chi connectivity index (χ4v) is 1.70. The van der Waals surface area contributed by atoms with Crippen molar-refractivity contribution in [1.29, 1.82) is 0 Å². The van der Waals surface area contributed by atoms with Gasteiger partial charge < -0.3 is 5.32 Å². The molecule has 78 valence electrons. The molecule has 14 heavy (non-hydrogen) atoms. The Morgan fingerprint density at radius 2 is 2.29 bits per heavy atom. The van der Waals surface area contributed by atoms with E-state index in [2.05, 4.69) is 10.3 Å². The van der Waals surface area contributed by atoms with E-state index in [-0.39, 0.29) is 0 Å². The lowest BCUT2D eigenvalue weighted by Crippen LogP contribution is -2.12. The second-order valence-electron chi connectivity index (χ2n) is 3.02. The van der Waals surface area contributed by atoms with Gasteiger partial charge in [0.1, 0.15) is 5.82 Å². The highest BCUT2D eigenvalue weighted by molar-refractivity contribution is 7.84. The summed E-state index contributed by atoms with van der Waals surface area (Å²) in [5.41, 5.74) is 0.992. The monoisotopic (exact) mass is 212 g/mol. The van der Waals surface area contributed by atoms with Gasteiger partial charge in [-0.05, 0) is 19.1 Å². The molecule has 0 saturated heterocycles. The highest BCUT2D eigenvalue weighted by atomic mass is 32.2. The maximum Gasteiger partial charge on any atom is 0.126 e. The molecule has 1 N–H and O–H groups in total. The van der Waals surface area contributed by atoms with Crippen LogP contribution in [0.1, 0.15) is 12.6 Å². The van der Waals surface area contributed by atoms with Crippen molar-refractivity contribution in [1.82, 2.24) is 4.98 Å². The third-order valence-electron chi connectivity index (χ3n) is 1.85. The Kier molecular flexibility index (Phi) is 4.59. The van der Waals surface area contributed by atoms with Gasteiger partial charge in [0.05, 0.1) is 0 Å². The lowest BCUT2D eigenvalue weighted by Gasteiger charge is -2.04. The molecule has 0 spiro atoms. The van der Waals surface area contributed by atoms with Gasteiger partial charge in [0.25, 0.3) is 0 Å². The summed E-state index contributed by atoms with van der Waals surface area (Å²) in [6.45, 7) is 4.60. The highest BCUT2D eigenvalue weighted by Gasteiger charge is 1.96. The summed E-state index contributed by atoms with van der Waals surface area (Å²) in [6.07, 6.45) is 0. The Hall–Kier alpha value is -0.900. The molecule has 0 saturated carbocycles. The first-order chi connectivity index (χ1) is 6.72. The molecule has 0 aliphatic rings. The van der Waals surface area contributed by atoms with Crippen LogP contribution in [0, 0.1) is 6.92 Å². The highest BCUT2D eigenvalue weighted by Crippen LogP contribution is 2.02. The molecular formula is C10H16N2OS. The zero-order valence-electron chi connectivity index (χ0n) is 8.62. The standard InChI is InChI=1S/C10H16N2OS/c1-3-14(13)8-7-11-10-6-4-5-9(2)12-10/h4-6H,3,7-8H2,1-2H3,(H,11,12). The van der Waals surface area contributed by atoms with Gasteiger partial charge >= 0.3 is 0 Å². The van der Waals surface area contributed by atoms with Crippen molar-refractivity contribution in [3.05, 3.63) is 23.9 Å². The first-order valence-corrected chi connectivity index (χ1v) is 6.23. The zero-order chi connectivity index (χ0) is 10.4. The van der Waals surface area contributed by atoms with Gasteiger partial charge in [0.2, 0.25) is 0 Å². The average molecular weight is 212 g/mol. The molecule has 0 amide bonds. The SMILES string of the molecule is CCS(=O)CCNc1cccc(C)n1. The van der Waals surface area contributed by atoms with Crippen molar-refractivity contribution in [2.24, 2.45) is 0 Å². The van der Waals surface area contributed by atoms with Crippen LogP contribution in [-0.2, 0) is 10.8 Å². The lowest BCUT2D eigenvalue weighted by atomic mass is 10.4. The predicted molar refractivity (Wildman–Crippen MR) is 61.0 cm³/mol. The molecule has 1 rings (SSSR count). The minimum Gasteiger partial charge on any atom is -0.369 e. The largest absolute Gasteiger partial charge is 0.369 e. The molecule has 3 nitrogen and oxygen atoms in total. The number of aryl methyl sites for hydroxylation is 1. The van der Waals surface area contributed by atoms with Crippen molar-refractivity contribution in [2.45, 2.75) is 13.8 Å². The molecule has 1 aromatic rings. The molecule has 0 fully saturated rings. The van der Waals surface area contributed by atoms with Gasteiger partial charge in [-0.1, -0.05) is 13.0 Å². The molecule has 0 radical (unpaired) electrons. The smallest absolute Gasteiger partial charge is 0.126 e. The number of hydrogen-bond donors (Lipinski definition) is 1. The molecule has 0 aliphatic heterocycles. The summed E-state index contributed by atoms with van der Waals surface area (Å²) in [4.78, 5) is 4.29. The maximum absolute atomic E-state index is 11.1. The van der Waals surface area contributed by atoms with E-state index >= 15 is 0 Å². The van der Waals surface area contributed by atoms with Crippen LogP contribution in [-0.4, -0.2) is 27.2 Å². The summed E-state index contributed by atoms with van der Waals surface area (Å²) in [6, 6.07) is 5.83. The van der Waals surface area contributed by atoms with Crippen LogP contribution in [0.5, 0.6) is 0 Å². The number of nitrogens with zero attached hydrogens (tertiary/aromatic N) is 1. The van der Waals surface area contributed by atoms with Gasteiger partial charge in [-0.25, -0.2) is 4.98 Å². The molecule has 0 aliphatic carbocycles. The van der Waals surface area contributed by atoms with Gasteiger partial charge in [0.15, 0.2) is 0 Å². The van der Waals surface area contributed by atoms with Gasteiger partial charge in [-0.2, -0.15) is 0 Å². The topological polar surface area (TPSA) is 42.0 Å². The quantitative estimate of drug-likeness (QED) is 0.805. The normalized spacial score (nSPS) is 12.4. The van der Waals surface area contributed by atoms with Crippen LogP contribution < -0.4 is 5.32 Å². The molecule has 1 heterocycles. The Labute approximate surface area is 87.4 Å². The second-order valence-corrected chi connectivity index (χ2v) is 4.89. The fourth-order valence-electron chi connectivity index (χ4n) is 1.08. The molecule has 0 aromatic carbocycles.